The minimum atomic E-state index is 0.176. The number of carbonyl (C=O) groups excluding carboxylic acids is 1. The molecular formula is C18H20N2O. The van der Waals surface area contributed by atoms with Gasteiger partial charge < -0.3 is 10.2 Å². The van der Waals surface area contributed by atoms with Crippen molar-refractivity contribution in [2.24, 2.45) is 0 Å². The summed E-state index contributed by atoms with van der Waals surface area (Å²) in [7, 11) is 0. The summed E-state index contributed by atoms with van der Waals surface area (Å²) in [5.41, 5.74) is 4.33. The van der Waals surface area contributed by atoms with Crippen molar-refractivity contribution in [3.63, 3.8) is 0 Å². The topological polar surface area (TPSA) is 32.3 Å². The Hall–Kier alpha value is -2.29. The minimum absolute atomic E-state index is 0.176. The molecule has 108 valence electrons. The summed E-state index contributed by atoms with van der Waals surface area (Å²) in [6.45, 7) is 4.29. The van der Waals surface area contributed by atoms with Crippen molar-refractivity contribution in [3.8, 4) is 0 Å². The summed E-state index contributed by atoms with van der Waals surface area (Å²) in [5, 5.41) is 3.32. The van der Waals surface area contributed by atoms with E-state index in [4.69, 9.17) is 0 Å². The molecule has 0 radical (unpaired) electrons. The molecule has 0 fully saturated rings. The monoisotopic (exact) mass is 280 g/mol. The lowest BCUT2D eigenvalue weighted by atomic mass is 10.0. The first kappa shape index (κ1) is 13.7. The lowest BCUT2D eigenvalue weighted by Gasteiger charge is -2.22. The molecule has 1 aliphatic heterocycles. The van der Waals surface area contributed by atoms with Gasteiger partial charge in [-0.15, -0.1) is 0 Å². The van der Waals surface area contributed by atoms with Crippen molar-refractivity contribution in [2.45, 2.75) is 13.3 Å². The number of carbonyl (C=O) groups is 1. The zero-order valence-corrected chi connectivity index (χ0v) is 12.3. The van der Waals surface area contributed by atoms with Gasteiger partial charge in [0.1, 0.15) is 0 Å². The molecule has 0 saturated carbocycles. The van der Waals surface area contributed by atoms with Gasteiger partial charge in [-0.25, -0.2) is 0 Å². The summed E-state index contributed by atoms with van der Waals surface area (Å²) in [6, 6.07) is 16.1. The van der Waals surface area contributed by atoms with Crippen LogP contribution in [-0.2, 0) is 6.42 Å². The van der Waals surface area contributed by atoms with E-state index < -0.39 is 0 Å². The van der Waals surface area contributed by atoms with Gasteiger partial charge in [0.2, 0.25) is 0 Å². The number of hydrogen-bond acceptors (Lipinski definition) is 3. The standard InChI is InChI=1S/C18H20N2O/c1-2-20(16-6-4-3-5-7-16)13-18(21)15-8-9-17-14(12-15)10-11-19-17/h3-9,12,19H,2,10-11,13H2,1H3. The largest absolute Gasteiger partial charge is 0.384 e. The Bertz CT molecular complexity index is 637. The van der Waals surface area contributed by atoms with Crippen LogP contribution >= 0.6 is 0 Å². The van der Waals surface area contributed by atoms with Crippen LogP contribution in [0.1, 0.15) is 22.8 Å². The number of fused-ring (bicyclic) bond motifs is 1. The second-order valence-electron chi connectivity index (χ2n) is 5.32. The van der Waals surface area contributed by atoms with Crippen molar-refractivity contribution in [2.75, 3.05) is 29.9 Å². The van der Waals surface area contributed by atoms with Gasteiger partial charge in [0, 0.05) is 30.0 Å². The Labute approximate surface area is 125 Å². The summed E-state index contributed by atoms with van der Waals surface area (Å²) in [6.07, 6.45) is 1.01. The molecule has 3 heteroatoms. The molecular weight excluding hydrogens is 260 g/mol. The number of likely N-dealkylation sites (N-methyl/N-ethyl adjacent to an activating group) is 1. The van der Waals surface area contributed by atoms with E-state index in [1.54, 1.807) is 0 Å². The van der Waals surface area contributed by atoms with E-state index in [-0.39, 0.29) is 5.78 Å². The lowest BCUT2D eigenvalue weighted by molar-refractivity contribution is 0.0999. The van der Waals surface area contributed by atoms with Crippen LogP contribution in [0.5, 0.6) is 0 Å². The van der Waals surface area contributed by atoms with Gasteiger partial charge in [-0.2, -0.15) is 0 Å². The average Bonchev–Trinajstić information content (AvgIpc) is 3.00. The molecule has 2 aromatic carbocycles. The van der Waals surface area contributed by atoms with E-state index in [9.17, 15) is 4.79 Å². The molecule has 1 N–H and O–H groups in total. The Morgan fingerprint density at radius 3 is 2.76 bits per heavy atom. The van der Waals surface area contributed by atoms with Gasteiger partial charge in [0.05, 0.1) is 6.54 Å². The maximum Gasteiger partial charge on any atom is 0.182 e. The van der Waals surface area contributed by atoms with Crippen LogP contribution in [-0.4, -0.2) is 25.4 Å². The highest BCUT2D eigenvalue weighted by molar-refractivity contribution is 5.99. The van der Waals surface area contributed by atoms with E-state index in [1.807, 2.05) is 48.5 Å². The molecule has 0 saturated heterocycles. The van der Waals surface area contributed by atoms with Crippen LogP contribution in [0, 0.1) is 0 Å². The van der Waals surface area contributed by atoms with E-state index in [1.165, 1.54) is 11.3 Å². The van der Waals surface area contributed by atoms with Crippen molar-refractivity contribution in [3.05, 3.63) is 59.7 Å². The second-order valence-corrected chi connectivity index (χ2v) is 5.32. The minimum Gasteiger partial charge on any atom is -0.384 e. The molecule has 0 spiro atoms. The zero-order chi connectivity index (χ0) is 14.7. The number of hydrogen-bond donors (Lipinski definition) is 1. The average molecular weight is 280 g/mol. The van der Waals surface area contributed by atoms with Crippen molar-refractivity contribution in [1.82, 2.24) is 0 Å². The SMILES string of the molecule is CCN(CC(=O)c1ccc2c(c1)CCN2)c1ccccc1. The maximum absolute atomic E-state index is 12.5. The van der Waals surface area contributed by atoms with Gasteiger partial charge in [-0.3, -0.25) is 4.79 Å². The Kier molecular flexibility index (Phi) is 3.91. The normalized spacial score (nSPS) is 12.6. The highest BCUT2D eigenvalue weighted by Gasteiger charge is 2.15. The quantitative estimate of drug-likeness (QED) is 0.852. The molecule has 3 nitrogen and oxygen atoms in total. The smallest absolute Gasteiger partial charge is 0.182 e. The summed E-state index contributed by atoms with van der Waals surface area (Å²) >= 11 is 0. The zero-order valence-electron chi connectivity index (χ0n) is 12.3. The first-order valence-electron chi connectivity index (χ1n) is 7.48. The van der Waals surface area contributed by atoms with E-state index in [2.05, 4.69) is 17.1 Å². The molecule has 0 aromatic heterocycles. The molecule has 0 atom stereocenters. The predicted molar refractivity (Wildman–Crippen MR) is 87.3 cm³/mol. The van der Waals surface area contributed by atoms with Crippen molar-refractivity contribution < 1.29 is 4.79 Å². The van der Waals surface area contributed by atoms with E-state index in [0.717, 1.165) is 30.8 Å². The van der Waals surface area contributed by atoms with E-state index in [0.29, 0.717) is 6.54 Å². The fourth-order valence-corrected chi connectivity index (χ4v) is 2.77. The molecule has 21 heavy (non-hydrogen) atoms. The van der Waals surface area contributed by atoms with Crippen LogP contribution < -0.4 is 10.2 Å². The molecule has 0 bridgehead atoms. The molecule has 0 unspecified atom stereocenters. The summed E-state index contributed by atoms with van der Waals surface area (Å²) < 4.78 is 0. The van der Waals surface area contributed by atoms with Crippen molar-refractivity contribution in [1.29, 1.82) is 0 Å². The number of nitrogens with one attached hydrogen (secondary N) is 1. The van der Waals surface area contributed by atoms with Gasteiger partial charge in [-0.05, 0) is 49.2 Å². The predicted octanol–water partition coefficient (Wildman–Crippen LogP) is 3.36. The summed E-state index contributed by atoms with van der Waals surface area (Å²) in [4.78, 5) is 14.6. The number of para-hydroxylation sites is 1. The second kappa shape index (κ2) is 6.00. The number of benzene rings is 2. The third kappa shape index (κ3) is 2.92. The molecule has 3 rings (SSSR count). The highest BCUT2D eigenvalue weighted by atomic mass is 16.1. The first-order valence-corrected chi connectivity index (χ1v) is 7.48. The number of rotatable bonds is 5. The fraction of sp³-hybridized carbons (Fsp3) is 0.278. The Morgan fingerprint density at radius 1 is 1.19 bits per heavy atom. The summed E-state index contributed by atoms with van der Waals surface area (Å²) in [5.74, 6) is 0.176. The Morgan fingerprint density at radius 2 is 2.00 bits per heavy atom. The van der Waals surface area contributed by atoms with Crippen LogP contribution in [0.2, 0.25) is 0 Å². The third-order valence-electron chi connectivity index (χ3n) is 3.97. The van der Waals surface area contributed by atoms with Gasteiger partial charge >= 0.3 is 0 Å². The van der Waals surface area contributed by atoms with Crippen LogP contribution in [0.4, 0.5) is 11.4 Å². The fourth-order valence-electron chi connectivity index (χ4n) is 2.77. The molecule has 0 amide bonds. The van der Waals surface area contributed by atoms with Crippen molar-refractivity contribution >= 4 is 17.2 Å². The van der Waals surface area contributed by atoms with Gasteiger partial charge in [-0.1, -0.05) is 18.2 Å². The van der Waals surface area contributed by atoms with Crippen LogP contribution in [0.15, 0.2) is 48.5 Å². The number of anilines is 2. The van der Waals surface area contributed by atoms with E-state index >= 15 is 0 Å². The maximum atomic E-state index is 12.5. The lowest BCUT2D eigenvalue weighted by Crippen LogP contribution is -2.29. The Balaban J connectivity index is 1.76. The number of ketones is 1. The van der Waals surface area contributed by atoms with Gasteiger partial charge in [0.15, 0.2) is 5.78 Å². The van der Waals surface area contributed by atoms with Crippen LogP contribution in [0.3, 0.4) is 0 Å². The molecule has 1 aliphatic rings. The number of nitrogens with zero attached hydrogens (tertiary/aromatic N) is 1. The third-order valence-corrected chi connectivity index (χ3v) is 3.97. The highest BCUT2D eigenvalue weighted by Crippen LogP contribution is 2.23. The first-order chi connectivity index (χ1) is 10.3. The molecule has 0 aliphatic carbocycles. The molecule has 1 heterocycles. The number of Topliss-reactive ketones (excluding diaryl/α,β-unsaturated/α-hetero) is 1. The van der Waals surface area contributed by atoms with Gasteiger partial charge in [0.25, 0.3) is 0 Å². The van der Waals surface area contributed by atoms with Crippen LogP contribution in [0.25, 0.3) is 0 Å². The molecule has 2 aromatic rings.